The summed E-state index contributed by atoms with van der Waals surface area (Å²) in [7, 11) is 0. The summed E-state index contributed by atoms with van der Waals surface area (Å²) >= 11 is 0. The van der Waals surface area contributed by atoms with Gasteiger partial charge in [0, 0.05) is 19.6 Å². The summed E-state index contributed by atoms with van der Waals surface area (Å²) in [5.74, 6) is -0.581. The van der Waals surface area contributed by atoms with E-state index in [-0.39, 0.29) is 30.1 Å². The number of nitrogens with one attached hydrogen (secondary N) is 2. The van der Waals surface area contributed by atoms with Crippen molar-refractivity contribution in [2.24, 2.45) is 4.99 Å². The van der Waals surface area contributed by atoms with Crippen LogP contribution in [0.5, 0.6) is 0 Å². The minimum atomic E-state index is -0.550. The molecule has 1 aliphatic heterocycles. The van der Waals surface area contributed by atoms with E-state index in [1.54, 1.807) is 24.3 Å². The second-order valence-corrected chi connectivity index (χ2v) is 7.36. The molecule has 0 aliphatic carbocycles. The van der Waals surface area contributed by atoms with Crippen LogP contribution in [0.25, 0.3) is 0 Å². The Morgan fingerprint density at radius 1 is 1.13 bits per heavy atom. The van der Waals surface area contributed by atoms with Gasteiger partial charge in [-0.2, -0.15) is 0 Å². The Bertz CT molecular complexity index is 905. The second-order valence-electron chi connectivity index (χ2n) is 7.36. The van der Waals surface area contributed by atoms with E-state index in [2.05, 4.69) is 20.5 Å². The highest BCUT2D eigenvalue weighted by atomic mass is 19.1. The highest BCUT2D eigenvalue weighted by Gasteiger charge is 2.28. The molecule has 0 spiro atoms. The average Bonchev–Trinajstić information content (AvgIpc) is 2.76. The Morgan fingerprint density at radius 2 is 1.87 bits per heavy atom. The van der Waals surface area contributed by atoms with Gasteiger partial charge in [-0.05, 0) is 43.7 Å². The van der Waals surface area contributed by atoms with Crippen LogP contribution in [-0.2, 0) is 4.74 Å². The lowest BCUT2D eigenvalue weighted by Crippen LogP contribution is -2.51. The summed E-state index contributed by atoms with van der Waals surface area (Å²) < 4.78 is 33.0. The standard InChI is InChI=1S/C23H28F2N4O2/c1-3-26-23(28-13-12-27-22(30)19-6-4-5-7-20(19)25)29-14-16(2)31-21(15-29)17-8-10-18(24)11-9-17/h4-11,16,21H,3,12-15H2,1-2H3,(H,26,28)(H,27,30). The summed E-state index contributed by atoms with van der Waals surface area (Å²) in [6, 6.07) is 12.2. The normalized spacial score (nSPS) is 19.2. The summed E-state index contributed by atoms with van der Waals surface area (Å²) in [6.45, 7) is 6.51. The van der Waals surface area contributed by atoms with Gasteiger partial charge in [0.15, 0.2) is 5.96 Å². The maximum atomic E-state index is 13.7. The first kappa shape index (κ1) is 22.7. The molecule has 6 nitrogen and oxygen atoms in total. The van der Waals surface area contributed by atoms with Crippen LogP contribution in [0.3, 0.4) is 0 Å². The van der Waals surface area contributed by atoms with E-state index in [0.717, 1.165) is 5.56 Å². The Morgan fingerprint density at radius 3 is 2.58 bits per heavy atom. The summed E-state index contributed by atoms with van der Waals surface area (Å²) in [5.41, 5.74) is 0.925. The molecule has 2 aromatic rings. The van der Waals surface area contributed by atoms with Gasteiger partial charge in [0.25, 0.3) is 5.91 Å². The number of amides is 1. The number of ether oxygens (including phenoxy) is 1. The van der Waals surface area contributed by atoms with Crippen LogP contribution in [0.15, 0.2) is 53.5 Å². The summed E-state index contributed by atoms with van der Waals surface area (Å²) in [6.07, 6.45) is -0.234. The minimum Gasteiger partial charge on any atom is -0.367 e. The van der Waals surface area contributed by atoms with Crippen molar-refractivity contribution in [3.8, 4) is 0 Å². The molecule has 2 unspecified atom stereocenters. The first-order chi connectivity index (χ1) is 15.0. The topological polar surface area (TPSA) is 66.0 Å². The first-order valence-corrected chi connectivity index (χ1v) is 10.4. The SMILES string of the molecule is CCNC(=NCCNC(=O)c1ccccc1F)N1CC(C)OC(c2ccc(F)cc2)C1. The largest absolute Gasteiger partial charge is 0.367 e. The van der Waals surface area contributed by atoms with E-state index < -0.39 is 11.7 Å². The maximum absolute atomic E-state index is 13.7. The van der Waals surface area contributed by atoms with E-state index in [9.17, 15) is 13.6 Å². The van der Waals surface area contributed by atoms with Crippen molar-refractivity contribution in [3.05, 3.63) is 71.3 Å². The number of rotatable bonds is 6. The van der Waals surface area contributed by atoms with Gasteiger partial charge in [-0.3, -0.25) is 9.79 Å². The van der Waals surface area contributed by atoms with Gasteiger partial charge in [-0.1, -0.05) is 24.3 Å². The number of carbonyl (C=O) groups excluding carboxylic acids is 1. The molecule has 166 valence electrons. The molecule has 1 amide bonds. The zero-order valence-electron chi connectivity index (χ0n) is 17.8. The van der Waals surface area contributed by atoms with Crippen LogP contribution in [0.2, 0.25) is 0 Å². The number of hydrogen-bond acceptors (Lipinski definition) is 3. The Balaban J connectivity index is 1.61. The molecular weight excluding hydrogens is 402 g/mol. The molecule has 3 rings (SSSR count). The van der Waals surface area contributed by atoms with Gasteiger partial charge < -0.3 is 20.3 Å². The third kappa shape index (κ3) is 6.24. The van der Waals surface area contributed by atoms with Gasteiger partial charge in [0.05, 0.1) is 24.8 Å². The number of carbonyl (C=O) groups is 1. The van der Waals surface area contributed by atoms with Crippen molar-refractivity contribution in [2.45, 2.75) is 26.1 Å². The summed E-state index contributed by atoms with van der Waals surface area (Å²) in [4.78, 5) is 18.8. The fourth-order valence-electron chi connectivity index (χ4n) is 3.48. The van der Waals surface area contributed by atoms with Crippen molar-refractivity contribution in [2.75, 3.05) is 32.7 Å². The van der Waals surface area contributed by atoms with E-state index in [1.807, 2.05) is 13.8 Å². The molecule has 1 aliphatic rings. The van der Waals surface area contributed by atoms with Crippen molar-refractivity contribution in [3.63, 3.8) is 0 Å². The monoisotopic (exact) mass is 430 g/mol. The smallest absolute Gasteiger partial charge is 0.254 e. The Kier molecular flexibility index (Phi) is 7.94. The van der Waals surface area contributed by atoms with Crippen LogP contribution in [0.1, 0.15) is 35.9 Å². The molecule has 1 fully saturated rings. The van der Waals surface area contributed by atoms with Crippen LogP contribution < -0.4 is 10.6 Å². The highest BCUT2D eigenvalue weighted by molar-refractivity contribution is 5.94. The number of aliphatic imine (C=N–C) groups is 1. The fourth-order valence-corrected chi connectivity index (χ4v) is 3.48. The third-order valence-corrected chi connectivity index (χ3v) is 4.91. The zero-order chi connectivity index (χ0) is 22.2. The number of nitrogens with zero attached hydrogens (tertiary/aromatic N) is 2. The van der Waals surface area contributed by atoms with Gasteiger partial charge in [-0.15, -0.1) is 0 Å². The molecule has 1 saturated heterocycles. The molecule has 2 N–H and O–H groups in total. The van der Waals surface area contributed by atoms with E-state index >= 15 is 0 Å². The van der Waals surface area contributed by atoms with Crippen molar-refractivity contribution in [1.29, 1.82) is 0 Å². The fraction of sp³-hybridized carbons (Fsp3) is 0.391. The summed E-state index contributed by atoms with van der Waals surface area (Å²) in [5, 5.41) is 5.97. The molecule has 1 heterocycles. The van der Waals surface area contributed by atoms with Crippen molar-refractivity contribution >= 4 is 11.9 Å². The van der Waals surface area contributed by atoms with Crippen molar-refractivity contribution < 1.29 is 18.3 Å². The number of morpholine rings is 1. The minimum absolute atomic E-state index is 0.0162. The molecule has 0 aromatic heterocycles. The third-order valence-electron chi connectivity index (χ3n) is 4.91. The molecule has 31 heavy (non-hydrogen) atoms. The van der Waals surface area contributed by atoms with Gasteiger partial charge in [0.1, 0.15) is 17.7 Å². The molecule has 0 saturated carbocycles. The predicted molar refractivity (Wildman–Crippen MR) is 116 cm³/mol. The maximum Gasteiger partial charge on any atom is 0.254 e. The van der Waals surface area contributed by atoms with Crippen LogP contribution >= 0.6 is 0 Å². The number of guanidine groups is 1. The Hall–Kier alpha value is -3.00. The molecule has 0 radical (unpaired) electrons. The molecule has 0 bridgehead atoms. The van der Waals surface area contributed by atoms with E-state index in [0.29, 0.717) is 32.1 Å². The van der Waals surface area contributed by atoms with Crippen molar-refractivity contribution in [1.82, 2.24) is 15.5 Å². The number of benzene rings is 2. The van der Waals surface area contributed by atoms with Gasteiger partial charge in [0.2, 0.25) is 0 Å². The first-order valence-electron chi connectivity index (χ1n) is 10.4. The van der Waals surface area contributed by atoms with Crippen LogP contribution in [0, 0.1) is 11.6 Å². The quantitative estimate of drug-likeness (QED) is 0.420. The lowest BCUT2D eigenvalue weighted by atomic mass is 10.1. The van der Waals surface area contributed by atoms with E-state index in [4.69, 9.17) is 4.74 Å². The molecule has 2 atom stereocenters. The van der Waals surface area contributed by atoms with Crippen LogP contribution in [-0.4, -0.2) is 55.6 Å². The highest BCUT2D eigenvalue weighted by Crippen LogP contribution is 2.25. The lowest BCUT2D eigenvalue weighted by Gasteiger charge is -2.38. The average molecular weight is 430 g/mol. The van der Waals surface area contributed by atoms with Gasteiger partial charge in [-0.25, -0.2) is 8.78 Å². The molecule has 2 aromatic carbocycles. The second kappa shape index (κ2) is 10.9. The molecular formula is C23H28F2N4O2. The number of halogens is 2. The van der Waals surface area contributed by atoms with Crippen LogP contribution in [0.4, 0.5) is 8.78 Å². The molecule has 8 heteroatoms. The predicted octanol–water partition coefficient (Wildman–Crippen LogP) is 3.12. The Labute approximate surface area is 181 Å². The lowest BCUT2D eigenvalue weighted by molar-refractivity contribution is -0.0605. The van der Waals surface area contributed by atoms with E-state index in [1.165, 1.54) is 24.3 Å². The number of hydrogen-bond donors (Lipinski definition) is 2. The van der Waals surface area contributed by atoms with Gasteiger partial charge >= 0.3 is 0 Å². The zero-order valence-corrected chi connectivity index (χ0v) is 17.8.